The van der Waals surface area contributed by atoms with Crippen LogP contribution in [0.4, 0.5) is 10.5 Å². The highest BCUT2D eigenvalue weighted by Crippen LogP contribution is 2.35. The number of hydrogen-bond acceptors (Lipinski definition) is 3. The SMILES string of the molecule is CC(C)C(NC(=O)Nc1ccccc1)C(=O)NCC1(c2cccc(Br)c2)CCOCC1. The summed E-state index contributed by atoms with van der Waals surface area (Å²) in [6.45, 7) is 5.66. The average molecular weight is 488 g/mol. The molecule has 7 heteroatoms. The highest BCUT2D eigenvalue weighted by atomic mass is 79.9. The maximum absolute atomic E-state index is 13.1. The van der Waals surface area contributed by atoms with Crippen LogP contribution in [-0.2, 0) is 14.9 Å². The standard InChI is InChI=1S/C24H30BrN3O3/c1-17(2)21(28-23(30)27-20-9-4-3-5-10-20)22(29)26-16-24(11-13-31-14-12-24)18-7-6-8-19(25)15-18/h3-10,15,17,21H,11-14,16H2,1-2H3,(H,26,29)(H2,27,28,30). The predicted molar refractivity (Wildman–Crippen MR) is 126 cm³/mol. The lowest BCUT2D eigenvalue weighted by molar-refractivity contribution is -0.124. The molecule has 1 atom stereocenters. The first-order chi connectivity index (χ1) is 14.9. The van der Waals surface area contributed by atoms with Gasteiger partial charge in [0.25, 0.3) is 0 Å². The molecule has 1 saturated heterocycles. The summed E-state index contributed by atoms with van der Waals surface area (Å²) >= 11 is 3.56. The molecule has 0 radical (unpaired) electrons. The summed E-state index contributed by atoms with van der Waals surface area (Å²) in [6, 6.07) is 16.4. The summed E-state index contributed by atoms with van der Waals surface area (Å²) in [5.74, 6) is -0.239. The van der Waals surface area contributed by atoms with Gasteiger partial charge in [0.15, 0.2) is 0 Å². The average Bonchev–Trinajstić information content (AvgIpc) is 2.77. The molecule has 1 heterocycles. The lowest BCUT2D eigenvalue weighted by Crippen LogP contribution is -2.54. The van der Waals surface area contributed by atoms with Gasteiger partial charge < -0.3 is 20.7 Å². The van der Waals surface area contributed by atoms with Crippen molar-refractivity contribution in [2.24, 2.45) is 5.92 Å². The molecule has 1 aliphatic heterocycles. The van der Waals surface area contributed by atoms with E-state index in [9.17, 15) is 9.59 Å². The van der Waals surface area contributed by atoms with Crippen molar-refractivity contribution < 1.29 is 14.3 Å². The molecule has 3 rings (SSSR count). The molecule has 6 nitrogen and oxygen atoms in total. The van der Waals surface area contributed by atoms with Crippen LogP contribution in [0.1, 0.15) is 32.3 Å². The third kappa shape index (κ3) is 6.31. The Morgan fingerprint density at radius 1 is 1.06 bits per heavy atom. The Kier molecular flexibility index (Phi) is 8.09. The fourth-order valence-electron chi connectivity index (χ4n) is 3.88. The van der Waals surface area contributed by atoms with E-state index in [2.05, 4.69) is 44.0 Å². The van der Waals surface area contributed by atoms with Crippen molar-refractivity contribution in [2.45, 2.75) is 38.1 Å². The number of ether oxygens (including phenoxy) is 1. The van der Waals surface area contributed by atoms with Crippen LogP contribution in [0, 0.1) is 5.92 Å². The molecule has 0 aromatic heterocycles. The number of benzene rings is 2. The summed E-state index contributed by atoms with van der Waals surface area (Å²) in [5, 5.41) is 8.70. The third-order valence-electron chi connectivity index (χ3n) is 5.76. The van der Waals surface area contributed by atoms with Gasteiger partial charge in [0.05, 0.1) is 0 Å². The zero-order chi connectivity index (χ0) is 22.3. The van der Waals surface area contributed by atoms with Gasteiger partial charge in [-0.25, -0.2) is 4.79 Å². The van der Waals surface area contributed by atoms with Crippen LogP contribution in [0.25, 0.3) is 0 Å². The van der Waals surface area contributed by atoms with E-state index in [-0.39, 0.29) is 17.2 Å². The molecule has 2 aromatic carbocycles. The van der Waals surface area contributed by atoms with Gasteiger partial charge in [0, 0.05) is 35.3 Å². The number of anilines is 1. The number of amides is 3. The summed E-state index contributed by atoms with van der Waals surface area (Å²) in [6.07, 6.45) is 1.66. The molecule has 31 heavy (non-hydrogen) atoms. The fraction of sp³-hybridized carbons (Fsp3) is 0.417. The number of carbonyl (C=O) groups excluding carboxylic acids is 2. The zero-order valence-corrected chi connectivity index (χ0v) is 19.6. The molecular weight excluding hydrogens is 458 g/mol. The largest absolute Gasteiger partial charge is 0.381 e. The summed E-state index contributed by atoms with van der Waals surface area (Å²) in [5.41, 5.74) is 1.67. The van der Waals surface area contributed by atoms with Gasteiger partial charge >= 0.3 is 6.03 Å². The van der Waals surface area contributed by atoms with Crippen molar-refractivity contribution in [1.29, 1.82) is 0 Å². The quantitative estimate of drug-likeness (QED) is 0.539. The Bertz CT molecular complexity index is 883. The maximum atomic E-state index is 13.1. The molecule has 1 unspecified atom stereocenters. The second-order valence-corrected chi connectivity index (χ2v) is 9.22. The van der Waals surface area contributed by atoms with E-state index in [0.29, 0.717) is 25.4 Å². The van der Waals surface area contributed by atoms with Gasteiger partial charge in [-0.3, -0.25) is 4.79 Å². The first kappa shape index (κ1) is 23.3. The molecule has 0 bridgehead atoms. The van der Waals surface area contributed by atoms with Gasteiger partial charge in [0.2, 0.25) is 5.91 Å². The Balaban J connectivity index is 1.67. The van der Waals surface area contributed by atoms with Gasteiger partial charge in [0.1, 0.15) is 6.04 Å². The van der Waals surface area contributed by atoms with Crippen molar-refractivity contribution in [3.05, 3.63) is 64.6 Å². The van der Waals surface area contributed by atoms with Gasteiger partial charge in [-0.2, -0.15) is 0 Å². The number of nitrogens with one attached hydrogen (secondary N) is 3. The predicted octanol–water partition coefficient (Wildman–Crippen LogP) is 4.46. The topological polar surface area (TPSA) is 79.5 Å². The van der Waals surface area contributed by atoms with Gasteiger partial charge in [-0.1, -0.05) is 60.1 Å². The number of rotatable bonds is 7. The van der Waals surface area contributed by atoms with Crippen molar-refractivity contribution in [3.8, 4) is 0 Å². The minimum absolute atomic E-state index is 0.0574. The number of para-hydroxylation sites is 1. The summed E-state index contributed by atoms with van der Waals surface area (Å²) < 4.78 is 6.60. The van der Waals surface area contributed by atoms with Crippen LogP contribution in [0.15, 0.2) is 59.1 Å². The smallest absolute Gasteiger partial charge is 0.319 e. The van der Waals surface area contributed by atoms with Crippen LogP contribution in [0.3, 0.4) is 0 Å². The first-order valence-electron chi connectivity index (χ1n) is 10.6. The molecule has 0 aliphatic carbocycles. The Labute approximate surface area is 192 Å². The van der Waals surface area contributed by atoms with Crippen molar-refractivity contribution in [2.75, 3.05) is 25.1 Å². The van der Waals surface area contributed by atoms with Crippen LogP contribution in [0.5, 0.6) is 0 Å². The lowest BCUT2D eigenvalue weighted by atomic mass is 9.74. The number of halogens is 1. The fourth-order valence-corrected chi connectivity index (χ4v) is 4.28. The van der Waals surface area contributed by atoms with E-state index in [4.69, 9.17) is 4.74 Å². The molecule has 3 N–H and O–H groups in total. The van der Waals surface area contributed by atoms with E-state index >= 15 is 0 Å². The summed E-state index contributed by atoms with van der Waals surface area (Å²) in [7, 11) is 0. The van der Waals surface area contributed by atoms with Crippen molar-refractivity contribution in [3.63, 3.8) is 0 Å². The lowest BCUT2D eigenvalue weighted by Gasteiger charge is -2.38. The monoisotopic (exact) mass is 487 g/mol. The van der Waals surface area contributed by atoms with Crippen LogP contribution in [0.2, 0.25) is 0 Å². The van der Waals surface area contributed by atoms with Crippen molar-refractivity contribution >= 4 is 33.6 Å². The van der Waals surface area contributed by atoms with E-state index in [1.165, 1.54) is 5.56 Å². The second kappa shape index (κ2) is 10.8. The molecule has 0 saturated carbocycles. The van der Waals surface area contributed by atoms with E-state index < -0.39 is 12.1 Å². The van der Waals surface area contributed by atoms with E-state index in [1.807, 2.05) is 44.2 Å². The highest BCUT2D eigenvalue weighted by Gasteiger charge is 2.36. The summed E-state index contributed by atoms with van der Waals surface area (Å²) in [4.78, 5) is 25.5. The first-order valence-corrected chi connectivity index (χ1v) is 11.4. The Morgan fingerprint density at radius 2 is 1.77 bits per heavy atom. The van der Waals surface area contributed by atoms with Crippen molar-refractivity contribution in [1.82, 2.24) is 10.6 Å². The number of urea groups is 1. The molecule has 0 spiro atoms. The number of carbonyl (C=O) groups is 2. The highest BCUT2D eigenvalue weighted by molar-refractivity contribution is 9.10. The Morgan fingerprint density at radius 3 is 2.42 bits per heavy atom. The third-order valence-corrected chi connectivity index (χ3v) is 6.25. The molecule has 1 fully saturated rings. The number of hydrogen-bond donors (Lipinski definition) is 3. The van der Waals surface area contributed by atoms with E-state index in [1.54, 1.807) is 12.1 Å². The van der Waals surface area contributed by atoms with Crippen LogP contribution >= 0.6 is 15.9 Å². The minimum Gasteiger partial charge on any atom is -0.381 e. The second-order valence-electron chi connectivity index (χ2n) is 8.31. The molecular formula is C24H30BrN3O3. The Hall–Kier alpha value is -2.38. The van der Waals surface area contributed by atoms with Gasteiger partial charge in [-0.05, 0) is 48.6 Å². The van der Waals surface area contributed by atoms with Crippen LogP contribution < -0.4 is 16.0 Å². The van der Waals surface area contributed by atoms with Crippen LogP contribution in [-0.4, -0.2) is 37.7 Å². The maximum Gasteiger partial charge on any atom is 0.319 e. The zero-order valence-electron chi connectivity index (χ0n) is 18.0. The molecule has 1 aliphatic rings. The molecule has 3 amide bonds. The molecule has 2 aromatic rings. The van der Waals surface area contributed by atoms with Gasteiger partial charge in [-0.15, -0.1) is 0 Å². The normalized spacial score (nSPS) is 16.4. The molecule has 166 valence electrons. The van der Waals surface area contributed by atoms with E-state index in [0.717, 1.165) is 17.3 Å². The minimum atomic E-state index is -0.636.